The molecule has 1 rings (SSSR count). The molecule has 0 bridgehead atoms. The van der Waals surface area contributed by atoms with Gasteiger partial charge in [-0.3, -0.25) is 4.79 Å². The van der Waals surface area contributed by atoms with Crippen LogP contribution in [0.1, 0.15) is 16.7 Å². The first kappa shape index (κ1) is 10.1. The number of carbonyl (C=O) groups is 1. The van der Waals surface area contributed by atoms with Crippen molar-refractivity contribution >= 4 is 17.0 Å². The molecule has 0 heterocycles. The van der Waals surface area contributed by atoms with Crippen molar-refractivity contribution in [2.24, 2.45) is 0 Å². The molecule has 0 atom stereocenters. The van der Waals surface area contributed by atoms with Gasteiger partial charge in [0.1, 0.15) is 0 Å². The second-order valence-electron chi connectivity index (χ2n) is 3.05. The van der Waals surface area contributed by atoms with Gasteiger partial charge in [0.2, 0.25) is 0 Å². The van der Waals surface area contributed by atoms with Crippen LogP contribution in [0.3, 0.4) is 0 Å². The molecule has 0 saturated carbocycles. The van der Waals surface area contributed by atoms with Crippen molar-refractivity contribution < 1.29 is 4.79 Å². The van der Waals surface area contributed by atoms with Crippen LogP contribution < -0.4 is 5.32 Å². The number of amides is 1. The molecule has 70 valence electrons. The lowest BCUT2D eigenvalue weighted by Crippen LogP contribution is -2.15. The summed E-state index contributed by atoms with van der Waals surface area (Å²) in [5.74, 6) is 0. The summed E-state index contributed by atoms with van der Waals surface area (Å²) >= 11 is 5.15. The predicted octanol–water partition coefficient (Wildman–Crippen LogP) is 2.75. The van der Waals surface area contributed by atoms with Gasteiger partial charge in [0.05, 0.1) is 0 Å². The number of carbonyl (C=O) groups excluding carboxylic acids is 1. The highest BCUT2D eigenvalue weighted by Gasteiger charge is 1.97. The number of hydrogen-bond donors (Lipinski definition) is 1. The van der Waals surface area contributed by atoms with Crippen molar-refractivity contribution in [3.05, 3.63) is 34.9 Å². The Morgan fingerprint density at radius 1 is 1.38 bits per heavy atom. The second kappa shape index (κ2) is 4.28. The van der Waals surface area contributed by atoms with Crippen LogP contribution in [0, 0.1) is 13.8 Å². The lowest BCUT2D eigenvalue weighted by molar-refractivity contribution is 0.259. The van der Waals surface area contributed by atoms with Crippen molar-refractivity contribution in [2.75, 3.05) is 0 Å². The van der Waals surface area contributed by atoms with E-state index in [1.165, 1.54) is 11.1 Å². The highest BCUT2D eigenvalue weighted by atomic mass is 35.5. The summed E-state index contributed by atoms with van der Waals surface area (Å²) in [6, 6.07) is 6.06. The Morgan fingerprint density at radius 2 is 2.08 bits per heavy atom. The second-order valence-corrected chi connectivity index (χ2v) is 3.39. The molecule has 2 nitrogen and oxygen atoms in total. The maximum atomic E-state index is 10.4. The zero-order chi connectivity index (χ0) is 9.84. The smallest absolute Gasteiger partial charge is 0.314 e. The molecule has 0 spiro atoms. The van der Waals surface area contributed by atoms with Gasteiger partial charge in [0.15, 0.2) is 0 Å². The molecule has 0 aliphatic rings. The van der Waals surface area contributed by atoms with E-state index < -0.39 is 5.37 Å². The molecule has 0 aromatic heterocycles. The minimum absolute atomic E-state index is 0.490. The van der Waals surface area contributed by atoms with Crippen LogP contribution >= 0.6 is 11.6 Å². The molecular formula is C10H12ClNO. The molecule has 0 radical (unpaired) electrons. The third-order valence-corrected chi connectivity index (χ3v) is 2.14. The number of aryl methyl sites for hydroxylation is 2. The first-order chi connectivity index (χ1) is 6.09. The largest absolute Gasteiger partial charge is 0.339 e. The van der Waals surface area contributed by atoms with E-state index in [1.807, 2.05) is 25.1 Å². The normalized spacial score (nSPS) is 9.77. The van der Waals surface area contributed by atoms with Gasteiger partial charge in [0.25, 0.3) is 0 Å². The average molecular weight is 198 g/mol. The monoisotopic (exact) mass is 197 g/mol. The van der Waals surface area contributed by atoms with Crippen LogP contribution in [0.5, 0.6) is 0 Å². The van der Waals surface area contributed by atoms with Crippen molar-refractivity contribution in [1.29, 1.82) is 0 Å². The van der Waals surface area contributed by atoms with E-state index in [2.05, 4.69) is 12.2 Å². The van der Waals surface area contributed by atoms with Gasteiger partial charge in [-0.25, -0.2) is 0 Å². The summed E-state index contributed by atoms with van der Waals surface area (Å²) in [6.45, 7) is 4.59. The Morgan fingerprint density at radius 3 is 2.62 bits per heavy atom. The Balaban J connectivity index is 2.68. The Kier molecular flexibility index (Phi) is 3.32. The highest BCUT2D eigenvalue weighted by Crippen LogP contribution is 2.09. The molecule has 0 saturated heterocycles. The minimum Gasteiger partial charge on any atom is -0.339 e. The number of hydrogen-bond acceptors (Lipinski definition) is 1. The molecule has 1 aromatic rings. The maximum absolute atomic E-state index is 10.4. The fourth-order valence-electron chi connectivity index (χ4n) is 1.09. The van der Waals surface area contributed by atoms with Gasteiger partial charge in [-0.15, -0.1) is 0 Å². The zero-order valence-electron chi connectivity index (χ0n) is 7.73. The molecule has 1 N–H and O–H groups in total. The Bertz CT molecular complexity index is 323. The third kappa shape index (κ3) is 3.07. The van der Waals surface area contributed by atoms with Gasteiger partial charge >= 0.3 is 5.37 Å². The van der Waals surface area contributed by atoms with Crippen LogP contribution in [0.15, 0.2) is 18.2 Å². The van der Waals surface area contributed by atoms with E-state index in [9.17, 15) is 4.79 Å². The van der Waals surface area contributed by atoms with E-state index in [0.29, 0.717) is 6.54 Å². The van der Waals surface area contributed by atoms with Gasteiger partial charge in [-0.05, 0) is 42.1 Å². The third-order valence-electron chi connectivity index (χ3n) is 2.00. The number of benzene rings is 1. The van der Waals surface area contributed by atoms with E-state index in [4.69, 9.17) is 11.6 Å². The van der Waals surface area contributed by atoms with Crippen LogP contribution in [0.25, 0.3) is 0 Å². The highest BCUT2D eigenvalue weighted by molar-refractivity contribution is 6.62. The summed E-state index contributed by atoms with van der Waals surface area (Å²) in [7, 11) is 0. The molecule has 0 aliphatic heterocycles. The first-order valence-electron chi connectivity index (χ1n) is 4.09. The summed E-state index contributed by atoms with van der Waals surface area (Å²) in [5, 5.41) is 2.02. The predicted molar refractivity (Wildman–Crippen MR) is 54.0 cm³/mol. The molecule has 0 unspecified atom stereocenters. The molecule has 3 heteroatoms. The van der Waals surface area contributed by atoms with Crippen LogP contribution in [0.2, 0.25) is 0 Å². The summed E-state index contributed by atoms with van der Waals surface area (Å²) in [4.78, 5) is 10.4. The molecular weight excluding hydrogens is 186 g/mol. The molecule has 1 aromatic carbocycles. The minimum atomic E-state index is -0.516. The fraction of sp³-hybridized carbons (Fsp3) is 0.300. The van der Waals surface area contributed by atoms with Crippen LogP contribution in [0.4, 0.5) is 4.79 Å². The van der Waals surface area contributed by atoms with Crippen LogP contribution in [-0.4, -0.2) is 5.37 Å². The number of halogens is 1. The van der Waals surface area contributed by atoms with Crippen molar-refractivity contribution in [3.63, 3.8) is 0 Å². The standard InChI is InChI=1S/C10H12ClNO/c1-7-3-4-9(5-8(7)2)6-12-10(11)13/h3-5H,6H2,1-2H3,(H,12,13). The average Bonchev–Trinajstić information content (AvgIpc) is 2.07. The van der Waals surface area contributed by atoms with Crippen molar-refractivity contribution in [2.45, 2.75) is 20.4 Å². The molecule has 0 aliphatic carbocycles. The first-order valence-corrected chi connectivity index (χ1v) is 4.47. The lowest BCUT2D eigenvalue weighted by atomic mass is 10.1. The number of nitrogens with one attached hydrogen (secondary N) is 1. The molecule has 1 amide bonds. The Labute approximate surface area is 82.9 Å². The van der Waals surface area contributed by atoms with E-state index in [1.54, 1.807) is 0 Å². The topological polar surface area (TPSA) is 29.1 Å². The maximum Gasteiger partial charge on any atom is 0.314 e. The summed E-state index contributed by atoms with van der Waals surface area (Å²) in [5.41, 5.74) is 3.54. The SMILES string of the molecule is Cc1ccc(CNC(=O)Cl)cc1C. The van der Waals surface area contributed by atoms with E-state index in [-0.39, 0.29) is 0 Å². The summed E-state index contributed by atoms with van der Waals surface area (Å²) in [6.07, 6.45) is 0. The molecule has 0 fully saturated rings. The Hall–Kier alpha value is -1.02. The van der Waals surface area contributed by atoms with E-state index >= 15 is 0 Å². The van der Waals surface area contributed by atoms with Crippen molar-refractivity contribution in [3.8, 4) is 0 Å². The van der Waals surface area contributed by atoms with Gasteiger partial charge in [0, 0.05) is 6.54 Å². The van der Waals surface area contributed by atoms with Gasteiger partial charge in [-0.1, -0.05) is 18.2 Å². The van der Waals surface area contributed by atoms with Gasteiger partial charge < -0.3 is 5.32 Å². The van der Waals surface area contributed by atoms with Crippen molar-refractivity contribution in [1.82, 2.24) is 5.32 Å². The summed E-state index contributed by atoms with van der Waals surface area (Å²) < 4.78 is 0. The molecule has 13 heavy (non-hydrogen) atoms. The quantitative estimate of drug-likeness (QED) is 0.573. The van der Waals surface area contributed by atoms with E-state index in [0.717, 1.165) is 5.56 Å². The van der Waals surface area contributed by atoms with Crippen LogP contribution in [-0.2, 0) is 6.54 Å². The number of rotatable bonds is 2. The lowest BCUT2D eigenvalue weighted by Gasteiger charge is -2.04. The van der Waals surface area contributed by atoms with Gasteiger partial charge in [-0.2, -0.15) is 0 Å². The zero-order valence-corrected chi connectivity index (χ0v) is 8.48. The fourth-order valence-corrected chi connectivity index (χ4v) is 1.15.